The second-order valence-electron chi connectivity index (χ2n) is 10.8. The third-order valence-corrected chi connectivity index (χ3v) is 8.68. The molecule has 11 heteroatoms. The van der Waals surface area contributed by atoms with Crippen LogP contribution in [0.3, 0.4) is 0 Å². The van der Waals surface area contributed by atoms with Crippen LogP contribution in [0.25, 0.3) is 0 Å². The molecule has 0 aliphatic carbocycles. The van der Waals surface area contributed by atoms with E-state index in [4.69, 9.17) is 9.63 Å². The molecule has 1 aliphatic heterocycles. The van der Waals surface area contributed by atoms with E-state index in [0.717, 1.165) is 19.3 Å². The van der Waals surface area contributed by atoms with Gasteiger partial charge in [-0.15, -0.1) is 0 Å². The molecule has 1 heterocycles. The van der Waals surface area contributed by atoms with E-state index in [-0.39, 0.29) is 25.5 Å². The van der Waals surface area contributed by atoms with E-state index < -0.39 is 44.2 Å². The van der Waals surface area contributed by atoms with Gasteiger partial charge in [-0.3, -0.25) is 9.36 Å². The maximum atomic E-state index is 12.2. The SMILES string of the molecule is CCCCCCCCCCCCCCCC(=O)NCCCOP(=O)(O)C[C@H](O)C[C@H]1N[C@H](CO)[C@@H](O)[C@@H]1O. The molecule has 0 aromatic heterocycles. The molecule has 1 amide bonds. The fourth-order valence-corrected chi connectivity index (χ4v) is 6.10. The normalized spacial score (nSPS) is 23.8. The highest BCUT2D eigenvalue weighted by Crippen LogP contribution is 2.43. The first kappa shape index (κ1) is 35.4. The lowest BCUT2D eigenvalue weighted by atomic mass is 10.0. The van der Waals surface area contributed by atoms with Crippen molar-refractivity contribution >= 4 is 13.5 Å². The Hall–Kier alpha value is -0.580. The molecular weight excluding hydrogens is 511 g/mol. The predicted octanol–water partition coefficient (Wildman–Crippen LogP) is 2.98. The van der Waals surface area contributed by atoms with E-state index in [9.17, 15) is 29.6 Å². The summed E-state index contributed by atoms with van der Waals surface area (Å²) < 4.78 is 17.3. The summed E-state index contributed by atoms with van der Waals surface area (Å²) in [5.74, 6) is -0.0262. The van der Waals surface area contributed by atoms with Gasteiger partial charge in [0.15, 0.2) is 0 Å². The van der Waals surface area contributed by atoms with Crippen molar-refractivity contribution in [3.8, 4) is 0 Å². The first-order chi connectivity index (χ1) is 18.2. The smallest absolute Gasteiger partial charge is 0.330 e. The Balaban J connectivity index is 1.98. The number of hydrogen-bond donors (Lipinski definition) is 7. The largest absolute Gasteiger partial charge is 0.395 e. The highest BCUT2D eigenvalue weighted by atomic mass is 31.2. The maximum Gasteiger partial charge on any atom is 0.330 e. The van der Waals surface area contributed by atoms with E-state index in [1.165, 1.54) is 64.2 Å². The quantitative estimate of drug-likeness (QED) is 0.0686. The molecule has 38 heavy (non-hydrogen) atoms. The molecule has 0 saturated carbocycles. The van der Waals surface area contributed by atoms with E-state index in [0.29, 0.717) is 19.4 Å². The zero-order valence-electron chi connectivity index (χ0n) is 23.4. The monoisotopic (exact) mass is 566 g/mol. The number of amides is 1. The summed E-state index contributed by atoms with van der Waals surface area (Å²) in [5.41, 5.74) is 0. The van der Waals surface area contributed by atoms with Gasteiger partial charge in [-0.1, -0.05) is 84.0 Å². The van der Waals surface area contributed by atoms with Gasteiger partial charge < -0.3 is 40.5 Å². The van der Waals surface area contributed by atoms with E-state index in [1.54, 1.807) is 0 Å². The van der Waals surface area contributed by atoms with Crippen LogP contribution in [0, 0.1) is 0 Å². The Morgan fingerprint density at radius 1 is 0.895 bits per heavy atom. The Bertz CT molecular complexity index is 657. The first-order valence-electron chi connectivity index (χ1n) is 14.8. The molecule has 0 radical (unpaired) electrons. The van der Waals surface area contributed by atoms with E-state index in [2.05, 4.69) is 17.6 Å². The highest BCUT2D eigenvalue weighted by molar-refractivity contribution is 7.52. The third-order valence-electron chi connectivity index (χ3n) is 7.21. The number of carbonyl (C=O) groups is 1. The average molecular weight is 567 g/mol. The van der Waals surface area contributed by atoms with Gasteiger partial charge in [-0.05, 0) is 19.3 Å². The average Bonchev–Trinajstić information content (AvgIpc) is 3.13. The van der Waals surface area contributed by atoms with Crippen molar-refractivity contribution in [1.29, 1.82) is 0 Å². The maximum absolute atomic E-state index is 12.2. The number of rotatable bonds is 24. The van der Waals surface area contributed by atoms with Gasteiger partial charge in [0.25, 0.3) is 0 Å². The van der Waals surface area contributed by atoms with Crippen LogP contribution in [-0.4, -0.2) is 87.5 Å². The summed E-state index contributed by atoms with van der Waals surface area (Å²) in [7, 11) is -4.05. The van der Waals surface area contributed by atoms with Crippen LogP contribution in [0.5, 0.6) is 0 Å². The van der Waals surface area contributed by atoms with Crippen molar-refractivity contribution in [3.05, 3.63) is 0 Å². The number of carbonyl (C=O) groups excluding carboxylic acids is 1. The van der Waals surface area contributed by atoms with E-state index in [1.807, 2.05) is 0 Å². The summed E-state index contributed by atoms with van der Waals surface area (Å²) in [6.07, 6.45) is 13.0. The minimum absolute atomic E-state index is 0.0262. The number of unbranched alkanes of at least 4 members (excludes halogenated alkanes) is 12. The van der Waals surface area contributed by atoms with Crippen molar-refractivity contribution in [3.63, 3.8) is 0 Å². The molecule has 0 spiro atoms. The van der Waals surface area contributed by atoms with Gasteiger partial charge in [0.05, 0.1) is 43.7 Å². The summed E-state index contributed by atoms with van der Waals surface area (Å²) in [6, 6.07) is -1.42. The molecule has 1 unspecified atom stereocenters. The second-order valence-corrected chi connectivity index (χ2v) is 12.7. The van der Waals surface area contributed by atoms with Crippen LogP contribution < -0.4 is 10.6 Å². The van der Waals surface area contributed by atoms with Gasteiger partial charge in [0.2, 0.25) is 5.91 Å². The molecule has 10 nitrogen and oxygen atoms in total. The van der Waals surface area contributed by atoms with Crippen LogP contribution in [0.4, 0.5) is 0 Å². The topological polar surface area (TPSA) is 169 Å². The highest BCUT2D eigenvalue weighted by Gasteiger charge is 2.41. The Kier molecular flexibility index (Phi) is 19.8. The van der Waals surface area contributed by atoms with Gasteiger partial charge in [0.1, 0.15) is 0 Å². The fourth-order valence-electron chi connectivity index (χ4n) is 4.90. The minimum Gasteiger partial charge on any atom is -0.395 e. The predicted molar refractivity (Wildman–Crippen MR) is 149 cm³/mol. The van der Waals surface area contributed by atoms with Crippen LogP contribution >= 0.6 is 7.60 Å². The summed E-state index contributed by atoms with van der Waals surface area (Å²) >= 11 is 0. The zero-order chi connectivity index (χ0) is 28.2. The molecule has 7 N–H and O–H groups in total. The fraction of sp³-hybridized carbons (Fsp3) is 0.963. The van der Waals surface area contributed by atoms with Crippen molar-refractivity contribution in [2.75, 3.05) is 25.9 Å². The molecular formula is C27H55N2O8P. The van der Waals surface area contributed by atoms with Crippen LogP contribution in [0.1, 0.15) is 110 Å². The number of aliphatic hydroxyl groups excluding tert-OH is 4. The van der Waals surface area contributed by atoms with Crippen molar-refractivity contribution in [2.24, 2.45) is 0 Å². The van der Waals surface area contributed by atoms with Crippen molar-refractivity contribution in [2.45, 2.75) is 140 Å². The molecule has 226 valence electrons. The molecule has 1 fully saturated rings. The third kappa shape index (κ3) is 16.5. The first-order valence-corrected chi connectivity index (χ1v) is 16.6. The summed E-state index contributed by atoms with van der Waals surface area (Å²) in [6.45, 7) is 2.18. The van der Waals surface area contributed by atoms with Crippen molar-refractivity contribution in [1.82, 2.24) is 10.6 Å². The Labute approximate surface area is 229 Å². The molecule has 0 bridgehead atoms. The van der Waals surface area contributed by atoms with E-state index >= 15 is 0 Å². The molecule has 6 atom stereocenters. The summed E-state index contributed by atoms with van der Waals surface area (Å²) in [5, 5.41) is 44.7. The van der Waals surface area contributed by atoms with Crippen molar-refractivity contribution < 1.29 is 39.2 Å². The van der Waals surface area contributed by atoms with Gasteiger partial charge in [-0.25, -0.2) is 0 Å². The van der Waals surface area contributed by atoms with Gasteiger partial charge in [0, 0.05) is 19.0 Å². The number of hydrogen-bond acceptors (Lipinski definition) is 8. The molecule has 1 aliphatic rings. The lowest BCUT2D eigenvalue weighted by molar-refractivity contribution is -0.121. The molecule has 0 aromatic carbocycles. The minimum atomic E-state index is -4.05. The molecule has 0 aromatic rings. The Morgan fingerprint density at radius 3 is 1.95 bits per heavy atom. The summed E-state index contributed by atoms with van der Waals surface area (Å²) in [4.78, 5) is 21.9. The molecule has 1 saturated heterocycles. The standard InChI is InChI=1S/C27H55N2O8P/c1-2-3-4-5-6-7-8-9-10-11-12-13-14-16-25(32)28-17-15-18-37-38(35,36)21-22(31)19-23-26(33)27(34)24(20-30)29-23/h22-24,26-27,29-31,33-34H,2-21H2,1H3,(H,28,32)(H,35,36)/t22-,23-,24-,26-,27-/m1/s1. The second kappa shape index (κ2) is 21.2. The van der Waals surface area contributed by atoms with Gasteiger partial charge >= 0.3 is 7.60 Å². The lowest BCUT2D eigenvalue weighted by Crippen LogP contribution is -2.38. The number of nitrogens with one attached hydrogen (secondary N) is 2. The number of aliphatic hydroxyl groups is 4. The van der Waals surface area contributed by atoms with Gasteiger partial charge in [-0.2, -0.15) is 0 Å². The Morgan fingerprint density at radius 2 is 1.42 bits per heavy atom. The zero-order valence-corrected chi connectivity index (χ0v) is 24.3. The lowest BCUT2D eigenvalue weighted by Gasteiger charge is -2.21. The van der Waals surface area contributed by atoms with Crippen LogP contribution in [0.15, 0.2) is 0 Å². The molecule has 1 rings (SSSR count). The van der Waals surface area contributed by atoms with Crippen LogP contribution in [0.2, 0.25) is 0 Å². The van der Waals surface area contributed by atoms with Crippen LogP contribution in [-0.2, 0) is 13.9 Å².